The Hall–Kier alpha value is -0.840. The number of nitrogens with zero attached hydrogens (tertiary/aromatic N) is 1. The van der Waals surface area contributed by atoms with Crippen molar-refractivity contribution in [2.24, 2.45) is 5.92 Å². The molecule has 6 heteroatoms. The zero-order chi connectivity index (χ0) is 13.5. The molecule has 1 heterocycles. The fourth-order valence-corrected chi connectivity index (χ4v) is 3.41. The molecular weight excluding hydrogens is 303 g/mol. The average Bonchev–Trinajstić information content (AvgIpc) is 2.84. The fraction of sp³-hybridized carbons (Fsp3) is 0.385. The van der Waals surface area contributed by atoms with Gasteiger partial charge in [-0.3, -0.25) is 4.79 Å². The molecule has 0 aliphatic heterocycles. The van der Waals surface area contributed by atoms with Gasteiger partial charge in [-0.15, -0.1) is 34.5 Å². The predicted octanol–water partition coefficient (Wildman–Crippen LogP) is 3.15. The van der Waals surface area contributed by atoms with Crippen LogP contribution in [0.25, 0.3) is 10.2 Å². The zero-order valence-corrected chi connectivity index (χ0v) is 12.4. The molecule has 1 aromatic carbocycles. The fourth-order valence-electron chi connectivity index (χ4n) is 1.94. The number of rotatable bonds is 4. The van der Waals surface area contributed by atoms with E-state index in [1.165, 1.54) is 4.70 Å². The monoisotopic (exact) mass is 314 g/mol. The lowest BCUT2D eigenvalue weighted by Gasteiger charge is -2.03. The van der Waals surface area contributed by atoms with Gasteiger partial charge in [0.1, 0.15) is 4.33 Å². The van der Waals surface area contributed by atoms with Crippen molar-refractivity contribution in [3.05, 3.63) is 29.3 Å². The van der Waals surface area contributed by atoms with Gasteiger partial charge in [0.25, 0.3) is 0 Å². The van der Waals surface area contributed by atoms with Crippen LogP contribution >= 0.6 is 34.5 Å². The lowest BCUT2D eigenvalue weighted by atomic mass is 10.3. The van der Waals surface area contributed by atoms with Crippen molar-refractivity contribution in [1.82, 2.24) is 10.3 Å². The summed E-state index contributed by atoms with van der Waals surface area (Å²) in [6.07, 6.45) is 1.28. The van der Waals surface area contributed by atoms with Gasteiger partial charge in [0.15, 0.2) is 0 Å². The Kier molecular flexibility index (Phi) is 3.41. The summed E-state index contributed by atoms with van der Waals surface area (Å²) in [5.41, 5.74) is 1.01. The summed E-state index contributed by atoms with van der Waals surface area (Å²) in [6.45, 7) is 0.568. The molecule has 1 atom stereocenters. The second-order valence-corrected chi connectivity index (χ2v) is 7.29. The second-order valence-electron chi connectivity index (χ2n) is 4.63. The molecule has 0 bridgehead atoms. The van der Waals surface area contributed by atoms with E-state index in [4.69, 9.17) is 23.2 Å². The highest BCUT2D eigenvalue weighted by molar-refractivity contribution is 7.18. The summed E-state index contributed by atoms with van der Waals surface area (Å²) < 4.78 is 0.325. The first-order valence-corrected chi connectivity index (χ1v) is 7.63. The lowest BCUT2D eigenvalue weighted by Crippen LogP contribution is -2.28. The van der Waals surface area contributed by atoms with Gasteiger partial charge < -0.3 is 5.32 Å². The third kappa shape index (κ3) is 2.86. The van der Waals surface area contributed by atoms with Gasteiger partial charge in [0.2, 0.25) is 5.91 Å². The van der Waals surface area contributed by atoms with Crippen LogP contribution in [0.5, 0.6) is 0 Å². The molecule has 1 N–H and O–H groups in total. The van der Waals surface area contributed by atoms with Crippen molar-refractivity contribution in [2.45, 2.75) is 17.2 Å². The molecule has 19 heavy (non-hydrogen) atoms. The predicted molar refractivity (Wildman–Crippen MR) is 78.9 cm³/mol. The van der Waals surface area contributed by atoms with E-state index in [1.54, 1.807) is 11.3 Å². The molecule has 0 spiro atoms. The Balaban J connectivity index is 1.54. The molecule has 1 fully saturated rings. The van der Waals surface area contributed by atoms with Crippen LogP contribution in [0.15, 0.2) is 24.3 Å². The number of benzene rings is 1. The third-order valence-corrected chi connectivity index (χ3v) is 5.05. The third-order valence-electron chi connectivity index (χ3n) is 3.12. The molecule has 1 aromatic heterocycles. The Morgan fingerprint density at radius 1 is 1.47 bits per heavy atom. The molecule has 2 aromatic rings. The van der Waals surface area contributed by atoms with E-state index in [-0.39, 0.29) is 11.8 Å². The largest absolute Gasteiger partial charge is 0.355 e. The van der Waals surface area contributed by atoms with Gasteiger partial charge in [-0.2, -0.15) is 0 Å². The molecule has 100 valence electrons. The molecule has 1 aliphatic carbocycles. The maximum Gasteiger partial charge on any atom is 0.226 e. The van der Waals surface area contributed by atoms with Crippen LogP contribution in [0, 0.1) is 5.92 Å². The summed E-state index contributed by atoms with van der Waals surface area (Å²) in [5.74, 6) is -0.322. The summed E-state index contributed by atoms with van der Waals surface area (Å²) >= 11 is 13.3. The number of para-hydroxylation sites is 1. The number of amides is 1. The minimum Gasteiger partial charge on any atom is -0.355 e. The van der Waals surface area contributed by atoms with E-state index in [2.05, 4.69) is 16.4 Å². The van der Waals surface area contributed by atoms with Gasteiger partial charge in [-0.1, -0.05) is 12.1 Å². The molecule has 0 saturated heterocycles. The second kappa shape index (κ2) is 4.93. The van der Waals surface area contributed by atoms with Crippen molar-refractivity contribution < 1.29 is 4.79 Å². The normalized spacial score (nSPS) is 20.4. The van der Waals surface area contributed by atoms with E-state index in [1.807, 2.05) is 18.2 Å². The molecule has 1 unspecified atom stereocenters. The molecule has 3 nitrogen and oxygen atoms in total. The van der Waals surface area contributed by atoms with Crippen molar-refractivity contribution in [2.75, 3.05) is 6.54 Å². The lowest BCUT2D eigenvalue weighted by molar-refractivity contribution is -0.122. The average molecular weight is 315 g/mol. The quantitative estimate of drug-likeness (QED) is 0.881. The maximum absolute atomic E-state index is 11.7. The SMILES string of the molecule is O=C(NCCc1nc2ccccc2s1)C1CC1(Cl)Cl. The number of thiazole rings is 1. The van der Waals surface area contributed by atoms with E-state index in [9.17, 15) is 4.79 Å². The topological polar surface area (TPSA) is 42.0 Å². The minimum atomic E-state index is -0.847. The smallest absolute Gasteiger partial charge is 0.226 e. The Morgan fingerprint density at radius 3 is 2.89 bits per heavy atom. The molecule has 1 saturated carbocycles. The zero-order valence-electron chi connectivity index (χ0n) is 10.0. The minimum absolute atomic E-state index is 0.0638. The summed E-state index contributed by atoms with van der Waals surface area (Å²) in [7, 11) is 0. The highest BCUT2D eigenvalue weighted by Crippen LogP contribution is 2.53. The summed E-state index contributed by atoms with van der Waals surface area (Å²) in [4.78, 5) is 16.2. The van der Waals surface area contributed by atoms with Gasteiger partial charge in [0, 0.05) is 13.0 Å². The number of carbonyl (C=O) groups excluding carboxylic acids is 1. The molecule has 3 rings (SSSR count). The van der Waals surface area contributed by atoms with Crippen LogP contribution in [0.4, 0.5) is 0 Å². The van der Waals surface area contributed by atoms with Crippen LogP contribution in [-0.2, 0) is 11.2 Å². The number of hydrogen-bond donors (Lipinski definition) is 1. The summed E-state index contributed by atoms with van der Waals surface area (Å²) in [5, 5.41) is 3.88. The Labute approximate surface area is 124 Å². The Morgan fingerprint density at radius 2 is 2.21 bits per heavy atom. The van der Waals surface area contributed by atoms with E-state index in [0.717, 1.165) is 16.9 Å². The van der Waals surface area contributed by atoms with E-state index in [0.29, 0.717) is 13.0 Å². The van der Waals surface area contributed by atoms with E-state index >= 15 is 0 Å². The van der Waals surface area contributed by atoms with Gasteiger partial charge in [-0.05, 0) is 18.6 Å². The van der Waals surface area contributed by atoms with Gasteiger partial charge >= 0.3 is 0 Å². The van der Waals surface area contributed by atoms with Crippen LogP contribution in [0.2, 0.25) is 0 Å². The number of hydrogen-bond acceptors (Lipinski definition) is 3. The highest BCUT2D eigenvalue weighted by atomic mass is 35.5. The molecule has 0 radical (unpaired) electrons. The molecule has 1 aliphatic rings. The number of alkyl halides is 2. The summed E-state index contributed by atoms with van der Waals surface area (Å²) in [6, 6.07) is 8.02. The van der Waals surface area contributed by atoms with E-state index < -0.39 is 4.33 Å². The number of halogens is 2. The van der Waals surface area contributed by atoms with Gasteiger partial charge in [-0.25, -0.2) is 4.98 Å². The first-order valence-electron chi connectivity index (χ1n) is 6.06. The van der Waals surface area contributed by atoms with Crippen LogP contribution in [-0.4, -0.2) is 21.8 Å². The number of aromatic nitrogens is 1. The molecular formula is C13H12Cl2N2OS. The standard InChI is InChI=1S/C13H12Cl2N2OS/c14-13(15)7-8(13)12(18)16-6-5-11-17-9-3-1-2-4-10(9)19-11/h1-4,8H,5-7H2,(H,16,18). The number of fused-ring (bicyclic) bond motifs is 1. The first kappa shape index (κ1) is 13.2. The van der Waals surface area contributed by atoms with Crippen molar-refractivity contribution in [3.63, 3.8) is 0 Å². The number of carbonyl (C=O) groups is 1. The van der Waals surface area contributed by atoms with Gasteiger partial charge in [0.05, 0.1) is 21.1 Å². The van der Waals surface area contributed by atoms with Crippen molar-refractivity contribution in [3.8, 4) is 0 Å². The van der Waals surface area contributed by atoms with Crippen molar-refractivity contribution >= 4 is 50.7 Å². The van der Waals surface area contributed by atoms with Crippen LogP contribution in [0.1, 0.15) is 11.4 Å². The van der Waals surface area contributed by atoms with Crippen LogP contribution < -0.4 is 5.32 Å². The van der Waals surface area contributed by atoms with Crippen molar-refractivity contribution in [1.29, 1.82) is 0 Å². The van der Waals surface area contributed by atoms with Crippen LogP contribution in [0.3, 0.4) is 0 Å². The molecule has 1 amide bonds. The highest BCUT2D eigenvalue weighted by Gasteiger charge is 2.56. The maximum atomic E-state index is 11.7. The Bertz CT molecular complexity index is 593. The number of nitrogens with one attached hydrogen (secondary N) is 1. The first-order chi connectivity index (χ1) is 9.06.